The van der Waals surface area contributed by atoms with Crippen molar-refractivity contribution in [1.82, 2.24) is 4.57 Å². The number of nitrogens with zero attached hydrogens (tertiary/aromatic N) is 2. The van der Waals surface area contributed by atoms with E-state index in [1.807, 2.05) is 6.92 Å². The maximum atomic E-state index is 12.6. The number of nitro groups is 1. The van der Waals surface area contributed by atoms with E-state index in [0.29, 0.717) is 24.1 Å². The van der Waals surface area contributed by atoms with Gasteiger partial charge in [-0.25, -0.2) is 0 Å². The molecule has 1 aromatic heterocycles. The van der Waals surface area contributed by atoms with Crippen LogP contribution in [0.25, 0.3) is 10.9 Å². The number of non-ortho nitro benzene ring substituents is 1. The fourth-order valence-corrected chi connectivity index (χ4v) is 2.90. The number of unbranched alkanes of at least 4 members (excludes halogenated alkanes) is 4. The number of aromatic nitrogens is 1. The van der Waals surface area contributed by atoms with Crippen LogP contribution in [0.4, 0.5) is 5.69 Å². The second-order valence-corrected chi connectivity index (χ2v) is 6.36. The second-order valence-electron chi connectivity index (χ2n) is 6.36. The highest BCUT2D eigenvalue weighted by molar-refractivity contribution is 5.89. The van der Waals surface area contributed by atoms with Crippen molar-refractivity contribution in [2.75, 3.05) is 6.61 Å². The number of fused-ring (bicyclic) bond motifs is 1. The largest absolute Gasteiger partial charge is 0.500 e. The Bertz CT molecular complexity index is 829. The highest BCUT2D eigenvalue weighted by Gasteiger charge is 2.19. The van der Waals surface area contributed by atoms with Gasteiger partial charge in [-0.1, -0.05) is 39.5 Å². The lowest BCUT2D eigenvalue weighted by Gasteiger charge is -2.15. The van der Waals surface area contributed by atoms with Gasteiger partial charge in [0.05, 0.1) is 17.0 Å². The Morgan fingerprint density at radius 3 is 2.54 bits per heavy atom. The zero-order chi connectivity index (χ0) is 19.1. The Hall–Kier alpha value is -2.57. The molecule has 7 nitrogen and oxygen atoms in total. The van der Waals surface area contributed by atoms with E-state index in [4.69, 9.17) is 4.74 Å². The van der Waals surface area contributed by atoms with Crippen molar-refractivity contribution in [1.29, 1.82) is 0 Å². The summed E-state index contributed by atoms with van der Waals surface area (Å²) in [5, 5.41) is 22.0. The van der Waals surface area contributed by atoms with Gasteiger partial charge in [0.25, 0.3) is 11.2 Å². The van der Waals surface area contributed by atoms with E-state index in [0.717, 1.165) is 38.5 Å². The van der Waals surface area contributed by atoms with Crippen LogP contribution in [0.1, 0.15) is 52.4 Å². The smallest absolute Gasteiger partial charge is 0.297 e. The molecule has 0 spiro atoms. The molecule has 2 aromatic rings. The zero-order valence-electron chi connectivity index (χ0n) is 15.4. The summed E-state index contributed by atoms with van der Waals surface area (Å²) < 4.78 is 7.10. The minimum atomic E-state index is -0.574. The second kappa shape index (κ2) is 9.22. The molecule has 7 heteroatoms. The fourth-order valence-electron chi connectivity index (χ4n) is 2.90. The minimum absolute atomic E-state index is 0.0956. The van der Waals surface area contributed by atoms with Crippen LogP contribution >= 0.6 is 0 Å². The third-order valence-corrected chi connectivity index (χ3v) is 4.37. The molecule has 1 heterocycles. The fraction of sp³-hybridized carbons (Fsp3) is 0.526. The highest BCUT2D eigenvalue weighted by atomic mass is 16.6. The van der Waals surface area contributed by atoms with Crippen molar-refractivity contribution in [2.45, 2.75) is 58.9 Å². The van der Waals surface area contributed by atoms with Gasteiger partial charge in [0, 0.05) is 24.1 Å². The first-order valence-electron chi connectivity index (χ1n) is 9.17. The number of hydrogen-bond donors (Lipinski definition) is 1. The van der Waals surface area contributed by atoms with Crippen molar-refractivity contribution in [3.63, 3.8) is 0 Å². The Balaban J connectivity index is 2.49. The Morgan fingerprint density at radius 1 is 1.15 bits per heavy atom. The number of nitro benzene ring substituents is 1. The van der Waals surface area contributed by atoms with Crippen LogP contribution in [0.3, 0.4) is 0 Å². The quantitative estimate of drug-likeness (QED) is 0.384. The Kier molecular flexibility index (Phi) is 7.00. The monoisotopic (exact) mass is 362 g/mol. The topological polar surface area (TPSA) is 94.6 Å². The maximum Gasteiger partial charge on any atom is 0.297 e. The first-order chi connectivity index (χ1) is 12.5. The van der Waals surface area contributed by atoms with Crippen molar-refractivity contribution >= 4 is 16.6 Å². The molecule has 2 rings (SSSR count). The van der Waals surface area contributed by atoms with Crippen molar-refractivity contribution < 1.29 is 14.8 Å². The first-order valence-corrected chi connectivity index (χ1v) is 9.17. The molecule has 0 amide bonds. The van der Waals surface area contributed by atoms with E-state index in [9.17, 15) is 20.0 Å². The molecule has 0 fully saturated rings. The van der Waals surface area contributed by atoms with Gasteiger partial charge >= 0.3 is 0 Å². The Morgan fingerprint density at radius 2 is 1.88 bits per heavy atom. The number of aryl methyl sites for hydroxylation is 1. The SMILES string of the molecule is CCCCCCOc1c(O)c(=O)n(CCCC)c2cc([N+](=O)[O-])ccc12. The van der Waals surface area contributed by atoms with Gasteiger partial charge in [0.2, 0.25) is 5.75 Å². The molecule has 142 valence electrons. The number of pyridine rings is 1. The maximum absolute atomic E-state index is 12.6. The number of rotatable bonds is 10. The molecule has 1 N–H and O–H groups in total. The summed E-state index contributed by atoms with van der Waals surface area (Å²) >= 11 is 0. The van der Waals surface area contributed by atoms with Crippen LogP contribution in [0.5, 0.6) is 11.5 Å². The van der Waals surface area contributed by atoms with Crippen molar-refractivity contribution in [3.8, 4) is 11.5 Å². The molecule has 0 aliphatic rings. The zero-order valence-corrected chi connectivity index (χ0v) is 15.4. The van der Waals surface area contributed by atoms with Crippen LogP contribution in [-0.4, -0.2) is 21.2 Å². The minimum Gasteiger partial charge on any atom is -0.500 e. The lowest BCUT2D eigenvalue weighted by Crippen LogP contribution is -2.21. The summed E-state index contributed by atoms with van der Waals surface area (Å²) in [5.41, 5.74) is -0.254. The van der Waals surface area contributed by atoms with E-state index < -0.39 is 16.2 Å². The number of aromatic hydroxyl groups is 1. The van der Waals surface area contributed by atoms with Crippen LogP contribution < -0.4 is 10.3 Å². The number of benzene rings is 1. The molecule has 0 radical (unpaired) electrons. The van der Waals surface area contributed by atoms with E-state index in [1.54, 1.807) is 0 Å². The van der Waals surface area contributed by atoms with Crippen molar-refractivity contribution in [2.24, 2.45) is 0 Å². The molecular weight excluding hydrogens is 336 g/mol. The van der Waals surface area contributed by atoms with E-state index in [2.05, 4.69) is 6.92 Å². The van der Waals surface area contributed by atoms with Gasteiger partial charge in [0.1, 0.15) is 0 Å². The first kappa shape index (κ1) is 19.8. The third-order valence-electron chi connectivity index (χ3n) is 4.37. The van der Waals surface area contributed by atoms with Crippen molar-refractivity contribution in [3.05, 3.63) is 38.7 Å². The molecule has 0 saturated heterocycles. The van der Waals surface area contributed by atoms with Gasteiger partial charge < -0.3 is 14.4 Å². The van der Waals surface area contributed by atoms with E-state index in [1.165, 1.54) is 22.8 Å². The summed E-state index contributed by atoms with van der Waals surface area (Å²) in [6.07, 6.45) is 5.62. The van der Waals surface area contributed by atoms with Gasteiger partial charge in [0.15, 0.2) is 5.75 Å². The molecule has 0 aliphatic carbocycles. The predicted octanol–water partition coefficient (Wildman–Crippen LogP) is 4.37. The van der Waals surface area contributed by atoms with Crippen LogP contribution in [0.2, 0.25) is 0 Å². The summed E-state index contributed by atoms with van der Waals surface area (Å²) in [5.74, 6) is -0.318. The van der Waals surface area contributed by atoms with Gasteiger partial charge in [-0.2, -0.15) is 0 Å². The van der Waals surface area contributed by atoms with Gasteiger partial charge in [-0.3, -0.25) is 14.9 Å². The highest BCUT2D eigenvalue weighted by Crippen LogP contribution is 2.34. The van der Waals surface area contributed by atoms with Crippen LogP contribution in [-0.2, 0) is 6.54 Å². The number of hydrogen-bond acceptors (Lipinski definition) is 5. The summed E-state index contributed by atoms with van der Waals surface area (Å²) in [6, 6.07) is 4.27. The van der Waals surface area contributed by atoms with Crippen LogP contribution in [0.15, 0.2) is 23.0 Å². The molecule has 1 aromatic carbocycles. The summed E-state index contributed by atoms with van der Waals surface area (Å²) in [6.45, 7) is 4.88. The van der Waals surface area contributed by atoms with E-state index >= 15 is 0 Å². The molecule has 0 saturated carbocycles. The third kappa shape index (κ3) is 4.33. The lowest BCUT2D eigenvalue weighted by molar-refractivity contribution is -0.384. The van der Waals surface area contributed by atoms with Crippen LogP contribution in [0, 0.1) is 10.1 Å². The summed E-state index contributed by atoms with van der Waals surface area (Å²) in [7, 11) is 0. The normalized spacial score (nSPS) is 11.0. The Labute approximate surface area is 152 Å². The summed E-state index contributed by atoms with van der Waals surface area (Å²) in [4.78, 5) is 23.2. The average molecular weight is 362 g/mol. The molecule has 26 heavy (non-hydrogen) atoms. The molecule has 0 bridgehead atoms. The van der Waals surface area contributed by atoms with E-state index in [-0.39, 0.29) is 11.4 Å². The van der Waals surface area contributed by atoms with Gasteiger partial charge in [-0.05, 0) is 18.9 Å². The predicted molar refractivity (Wildman–Crippen MR) is 101 cm³/mol. The molecule has 0 unspecified atom stereocenters. The molecule has 0 aliphatic heterocycles. The average Bonchev–Trinajstić information content (AvgIpc) is 2.63. The van der Waals surface area contributed by atoms with Gasteiger partial charge in [-0.15, -0.1) is 0 Å². The standard InChI is InChI=1S/C19H26N2O5/c1-3-5-7-8-12-26-18-15-10-9-14(21(24)25)13-16(15)20(11-6-4-2)19(23)17(18)22/h9-10,13,22H,3-8,11-12H2,1-2H3. The lowest BCUT2D eigenvalue weighted by atomic mass is 10.1. The molecule has 0 atom stereocenters. The molecular formula is C19H26N2O5. The number of ether oxygens (including phenoxy) is 1.